The molecule has 1 rings (SSSR count). The summed E-state index contributed by atoms with van der Waals surface area (Å²) in [5.41, 5.74) is -3.02. The second-order valence-electron chi connectivity index (χ2n) is 4.29. The van der Waals surface area contributed by atoms with Gasteiger partial charge in [-0.2, -0.15) is 26.3 Å². The Kier molecular flexibility index (Phi) is 4.36. The van der Waals surface area contributed by atoms with Crippen LogP contribution < -0.4 is 0 Å². The summed E-state index contributed by atoms with van der Waals surface area (Å²) in [4.78, 5) is 11.5. The lowest BCUT2D eigenvalue weighted by atomic mass is 10.00. The molecule has 1 unspecified atom stereocenters. The first-order valence-corrected chi connectivity index (χ1v) is 5.43. The van der Waals surface area contributed by atoms with Gasteiger partial charge in [0.1, 0.15) is 0 Å². The van der Waals surface area contributed by atoms with Crippen molar-refractivity contribution in [1.82, 2.24) is 4.90 Å². The number of alkyl halides is 6. The Morgan fingerprint density at radius 3 is 1.70 bits per heavy atom. The summed E-state index contributed by atoms with van der Waals surface area (Å²) < 4.78 is 75.8. The lowest BCUT2D eigenvalue weighted by molar-refractivity contribution is -0.143. The molecule has 0 aliphatic carbocycles. The van der Waals surface area contributed by atoms with Crippen molar-refractivity contribution in [1.29, 1.82) is 0 Å². The summed E-state index contributed by atoms with van der Waals surface area (Å²) in [6, 6.07) is 0.368. The number of carbonyl (C=O) groups excluding carboxylic acids is 1. The molecular weight excluding hydrogens is 288 g/mol. The minimum Gasteiger partial charge on any atom is -0.342 e. The molecule has 20 heavy (non-hydrogen) atoms. The molecule has 0 aliphatic heterocycles. The number of halogens is 6. The van der Waals surface area contributed by atoms with Crippen LogP contribution in [0.3, 0.4) is 0 Å². The summed E-state index contributed by atoms with van der Waals surface area (Å²) in [7, 11) is 1.27. The van der Waals surface area contributed by atoms with Gasteiger partial charge in [-0.25, -0.2) is 0 Å². The third kappa shape index (κ3) is 3.64. The fourth-order valence-electron chi connectivity index (χ4n) is 1.55. The fraction of sp³-hybridized carbons (Fsp3) is 0.417. The molecule has 0 saturated carbocycles. The highest BCUT2D eigenvalue weighted by atomic mass is 19.4. The summed E-state index contributed by atoms with van der Waals surface area (Å²) in [6.45, 7) is 1.34. The van der Waals surface area contributed by atoms with Crippen molar-refractivity contribution in [2.24, 2.45) is 0 Å². The zero-order valence-corrected chi connectivity index (χ0v) is 10.5. The number of nitrogens with zero attached hydrogens (tertiary/aromatic N) is 1. The van der Waals surface area contributed by atoms with Gasteiger partial charge in [0.2, 0.25) is 6.41 Å². The van der Waals surface area contributed by atoms with Crippen LogP contribution in [0.4, 0.5) is 26.3 Å². The number of hydrogen-bond acceptors (Lipinski definition) is 1. The SMILES string of the molecule is CC(c1cc(C(F)(F)F)cc(C(F)(F)F)c1)N(C)C=O. The van der Waals surface area contributed by atoms with Crippen LogP contribution in [-0.4, -0.2) is 18.4 Å². The number of hydrogen-bond donors (Lipinski definition) is 0. The zero-order chi connectivity index (χ0) is 15.7. The Balaban J connectivity index is 3.42. The fourth-order valence-corrected chi connectivity index (χ4v) is 1.55. The highest BCUT2D eigenvalue weighted by molar-refractivity contribution is 5.48. The molecule has 1 aromatic carbocycles. The third-order valence-corrected chi connectivity index (χ3v) is 2.87. The second kappa shape index (κ2) is 5.34. The summed E-state index contributed by atoms with van der Waals surface area (Å²) in [6.07, 6.45) is -9.46. The molecule has 0 bridgehead atoms. The average Bonchev–Trinajstić information content (AvgIpc) is 2.34. The minimum atomic E-state index is -4.89. The molecule has 0 fully saturated rings. The number of amides is 1. The second-order valence-corrected chi connectivity index (χ2v) is 4.29. The zero-order valence-electron chi connectivity index (χ0n) is 10.5. The van der Waals surface area contributed by atoms with Gasteiger partial charge in [-0.05, 0) is 30.7 Å². The first kappa shape index (κ1) is 16.3. The van der Waals surface area contributed by atoms with E-state index in [1.54, 1.807) is 0 Å². The molecule has 0 radical (unpaired) electrons. The van der Waals surface area contributed by atoms with Gasteiger partial charge in [-0.3, -0.25) is 4.79 Å². The summed E-state index contributed by atoms with van der Waals surface area (Å²) in [5.74, 6) is 0. The van der Waals surface area contributed by atoms with Crippen molar-refractivity contribution >= 4 is 6.41 Å². The molecule has 0 N–H and O–H groups in total. The van der Waals surface area contributed by atoms with Gasteiger partial charge in [0.05, 0.1) is 17.2 Å². The van der Waals surface area contributed by atoms with Gasteiger partial charge in [0.25, 0.3) is 0 Å². The quantitative estimate of drug-likeness (QED) is 0.613. The van der Waals surface area contributed by atoms with Gasteiger partial charge in [0, 0.05) is 7.05 Å². The molecular formula is C12H11F6NO. The Labute approximate surface area is 111 Å². The predicted molar refractivity (Wildman–Crippen MR) is 58.7 cm³/mol. The Bertz CT molecular complexity index is 461. The maximum atomic E-state index is 12.6. The van der Waals surface area contributed by atoms with Crippen LogP contribution in [0.25, 0.3) is 0 Å². The summed E-state index contributed by atoms with van der Waals surface area (Å²) in [5, 5.41) is 0. The van der Waals surface area contributed by atoms with Crippen LogP contribution in [0, 0.1) is 0 Å². The van der Waals surface area contributed by atoms with Gasteiger partial charge >= 0.3 is 12.4 Å². The molecule has 2 nitrogen and oxygen atoms in total. The van der Waals surface area contributed by atoms with E-state index in [9.17, 15) is 31.1 Å². The minimum absolute atomic E-state index is 0.0527. The Morgan fingerprint density at radius 1 is 1.00 bits per heavy atom. The third-order valence-electron chi connectivity index (χ3n) is 2.87. The van der Waals surface area contributed by atoms with E-state index in [0.29, 0.717) is 18.5 Å². The van der Waals surface area contributed by atoms with Gasteiger partial charge < -0.3 is 4.90 Å². The van der Waals surface area contributed by atoms with Crippen molar-refractivity contribution in [3.05, 3.63) is 34.9 Å². The predicted octanol–water partition coefficient (Wildman–Crippen LogP) is 3.87. The molecule has 112 valence electrons. The molecule has 0 spiro atoms. The van der Waals surface area contributed by atoms with E-state index in [0.717, 1.165) is 4.90 Å². The number of carbonyl (C=O) groups is 1. The average molecular weight is 299 g/mol. The normalized spacial score (nSPS) is 14.0. The molecule has 1 aromatic rings. The van der Waals surface area contributed by atoms with Gasteiger partial charge in [-0.1, -0.05) is 0 Å². The van der Waals surface area contributed by atoms with Gasteiger partial charge in [0.15, 0.2) is 0 Å². The van der Waals surface area contributed by atoms with E-state index in [4.69, 9.17) is 0 Å². The smallest absolute Gasteiger partial charge is 0.342 e. The first-order chi connectivity index (χ1) is 8.96. The molecule has 0 aliphatic rings. The molecule has 1 atom stereocenters. The molecule has 0 saturated heterocycles. The van der Waals surface area contributed by atoms with Crippen LogP contribution in [0.5, 0.6) is 0 Å². The van der Waals surface area contributed by atoms with Crippen molar-refractivity contribution in [3.63, 3.8) is 0 Å². The van der Waals surface area contributed by atoms with Crippen LogP contribution in [0.1, 0.15) is 29.7 Å². The number of benzene rings is 1. The molecule has 0 aromatic heterocycles. The van der Waals surface area contributed by atoms with Crippen molar-refractivity contribution < 1.29 is 31.1 Å². The van der Waals surface area contributed by atoms with Crippen LogP contribution in [-0.2, 0) is 17.1 Å². The van der Waals surface area contributed by atoms with E-state index in [1.165, 1.54) is 14.0 Å². The van der Waals surface area contributed by atoms with E-state index >= 15 is 0 Å². The Morgan fingerprint density at radius 2 is 1.40 bits per heavy atom. The lowest BCUT2D eigenvalue weighted by Crippen LogP contribution is -2.22. The van der Waals surface area contributed by atoms with E-state index in [2.05, 4.69) is 0 Å². The van der Waals surface area contributed by atoms with Crippen molar-refractivity contribution in [2.45, 2.75) is 25.3 Å². The van der Waals surface area contributed by atoms with Gasteiger partial charge in [-0.15, -0.1) is 0 Å². The monoisotopic (exact) mass is 299 g/mol. The van der Waals surface area contributed by atoms with Crippen LogP contribution in [0.2, 0.25) is 0 Å². The van der Waals surface area contributed by atoms with E-state index < -0.39 is 29.5 Å². The highest BCUT2D eigenvalue weighted by Crippen LogP contribution is 2.37. The maximum Gasteiger partial charge on any atom is 0.416 e. The van der Waals surface area contributed by atoms with Crippen molar-refractivity contribution in [3.8, 4) is 0 Å². The van der Waals surface area contributed by atoms with Crippen molar-refractivity contribution in [2.75, 3.05) is 7.05 Å². The standard InChI is InChI=1S/C12H11F6NO/c1-7(19(2)6-20)8-3-9(11(13,14)15)5-10(4-8)12(16,17)18/h3-7H,1-2H3. The summed E-state index contributed by atoms with van der Waals surface area (Å²) >= 11 is 0. The van der Waals surface area contributed by atoms with Crippen LogP contribution >= 0.6 is 0 Å². The Hall–Kier alpha value is -1.73. The molecule has 0 heterocycles. The largest absolute Gasteiger partial charge is 0.416 e. The molecule has 1 amide bonds. The topological polar surface area (TPSA) is 20.3 Å². The molecule has 8 heteroatoms. The maximum absolute atomic E-state index is 12.6. The first-order valence-electron chi connectivity index (χ1n) is 5.43. The highest BCUT2D eigenvalue weighted by Gasteiger charge is 2.37. The van der Waals surface area contributed by atoms with Crippen LogP contribution in [0.15, 0.2) is 18.2 Å². The van der Waals surface area contributed by atoms with E-state index in [1.807, 2.05) is 0 Å². The van der Waals surface area contributed by atoms with E-state index in [-0.39, 0.29) is 11.6 Å². The lowest BCUT2D eigenvalue weighted by Gasteiger charge is -2.23. The number of rotatable bonds is 3.